The lowest BCUT2D eigenvalue weighted by Crippen LogP contribution is -2.45. The van der Waals surface area contributed by atoms with Gasteiger partial charge in [0.1, 0.15) is 0 Å². The monoisotopic (exact) mass is 320 g/mol. The van der Waals surface area contributed by atoms with E-state index in [-0.39, 0.29) is 5.92 Å². The van der Waals surface area contributed by atoms with Gasteiger partial charge in [-0.1, -0.05) is 25.7 Å². The van der Waals surface area contributed by atoms with Gasteiger partial charge in [0.2, 0.25) is 11.8 Å². The van der Waals surface area contributed by atoms with Gasteiger partial charge < -0.3 is 9.80 Å². The number of hydrogen-bond donors (Lipinski definition) is 0. The number of amides is 2. The first kappa shape index (κ1) is 16.8. The second kappa shape index (κ2) is 8.16. The lowest BCUT2D eigenvalue weighted by Gasteiger charge is -2.34. The Bertz CT molecular complexity index is 402. The summed E-state index contributed by atoms with van der Waals surface area (Å²) < 4.78 is 0. The lowest BCUT2D eigenvalue weighted by atomic mass is 9.94. The number of nitrogens with zero attached hydrogens (tertiary/aromatic N) is 2. The number of piperidine rings is 1. The largest absolute Gasteiger partial charge is 0.343 e. The first-order valence-corrected chi connectivity index (χ1v) is 9.80. The molecule has 0 radical (unpaired) electrons. The average molecular weight is 320 g/mol. The molecule has 2 saturated heterocycles. The molecule has 3 aliphatic rings. The van der Waals surface area contributed by atoms with E-state index in [9.17, 15) is 9.59 Å². The summed E-state index contributed by atoms with van der Waals surface area (Å²) in [5, 5.41) is 0. The van der Waals surface area contributed by atoms with Crippen LogP contribution in [0.4, 0.5) is 0 Å². The molecule has 0 aromatic carbocycles. The Labute approximate surface area is 140 Å². The number of likely N-dealkylation sites (tertiary alicyclic amines) is 2. The van der Waals surface area contributed by atoms with Gasteiger partial charge in [0, 0.05) is 38.5 Å². The molecule has 2 heterocycles. The minimum atomic E-state index is 0.156. The van der Waals surface area contributed by atoms with Gasteiger partial charge in [-0.3, -0.25) is 9.59 Å². The van der Waals surface area contributed by atoms with Crippen molar-refractivity contribution in [3.8, 4) is 0 Å². The first-order chi connectivity index (χ1) is 11.2. The zero-order valence-electron chi connectivity index (χ0n) is 14.5. The Kier molecular flexibility index (Phi) is 5.96. The van der Waals surface area contributed by atoms with Crippen molar-refractivity contribution in [3.05, 3.63) is 0 Å². The molecule has 0 N–H and O–H groups in total. The van der Waals surface area contributed by atoms with Crippen molar-refractivity contribution in [2.45, 2.75) is 70.6 Å². The van der Waals surface area contributed by atoms with Gasteiger partial charge in [0.25, 0.3) is 0 Å². The van der Waals surface area contributed by atoms with Crippen molar-refractivity contribution in [1.29, 1.82) is 0 Å². The summed E-state index contributed by atoms with van der Waals surface area (Å²) in [6, 6.07) is 0. The Hall–Kier alpha value is -1.06. The van der Waals surface area contributed by atoms with Crippen molar-refractivity contribution in [3.63, 3.8) is 0 Å². The van der Waals surface area contributed by atoms with Crippen molar-refractivity contribution in [1.82, 2.24) is 9.80 Å². The number of carbonyl (C=O) groups is 2. The summed E-state index contributed by atoms with van der Waals surface area (Å²) >= 11 is 0. The topological polar surface area (TPSA) is 40.6 Å². The molecule has 1 aliphatic carbocycles. The third kappa shape index (κ3) is 4.48. The number of hydrogen-bond acceptors (Lipinski definition) is 2. The molecule has 3 fully saturated rings. The fourth-order valence-electron chi connectivity index (χ4n) is 4.52. The van der Waals surface area contributed by atoms with Crippen molar-refractivity contribution in [2.24, 2.45) is 11.8 Å². The minimum absolute atomic E-state index is 0.156. The Morgan fingerprint density at radius 3 is 1.91 bits per heavy atom. The molecular weight excluding hydrogens is 288 g/mol. The molecule has 130 valence electrons. The normalized spacial score (nSPS) is 24.7. The fourth-order valence-corrected chi connectivity index (χ4v) is 4.52. The van der Waals surface area contributed by atoms with Crippen molar-refractivity contribution in [2.75, 3.05) is 26.2 Å². The molecule has 0 aromatic heterocycles. The molecule has 2 aliphatic heterocycles. The van der Waals surface area contributed by atoms with E-state index in [0.717, 1.165) is 58.3 Å². The Morgan fingerprint density at radius 2 is 1.30 bits per heavy atom. The lowest BCUT2D eigenvalue weighted by molar-refractivity contribution is -0.141. The molecule has 1 saturated carbocycles. The van der Waals surface area contributed by atoms with Crippen LogP contribution in [0.25, 0.3) is 0 Å². The average Bonchev–Trinajstić information content (AvgIpc) is 2.94. The molecule has 4 heteroatoms. The van der Waals surface area contributed by atoms with Crippen LogP contribution in [0.2, 0.25) is 0 Å². The molecule has 4 nitrogen and oxygen atoms in total. The molecule has 0 atom stereocenters. The van der Waals surface area contributed by atoms with E-state index in [0.29, 0.717) is 17.7 Å². The minimum Gasteiger partial charge on any atom is -0.343 e. The number of rotatable bonds is 3. The maximum Gasteiger partial charge on any atom is 0.225 e. The highest BCUT2D eigenvalue weighted by molar-refractivity contribution is 5.80. The summed E-state index contributed by atoms with van der Waals surface area (Å²) in [4.78, 5) is 29.2. The predicted octanol–water partition coefficient (Wildman–Crippen LogP) is 3.21. The van der Waals surface area contributed by atoms with Crippen LogP contribution in [-0.4, -0.2) is 47.8 Å². The standard InChI is InChI=1S/C19H32N2O2/c22-18(15-16-7-3-4-8-16)20-13-9-17(10-14-20)19(23)21-11-5-1-2-6-12-21/h16-17H,1-15H2. The second-order valence-corrected chi connectivity index (χ2v) is 7.75. The van der Waals surface area contributed by atoms with Crippen molar-refractivity contribution < 1.29 is 9.59 Å². The highest BCUT2D eigenvalue weighted by Crippen LogP contribution is 2.29. The Balaban J connectivity index is 1.43. The predicted molar refractivity (Wildman–Crippen MR) is 90.9 cm³/mol. The molecule has 23 heavy (non-hydrogen) atoms. The molecule has 0 unspecified atom stereocenters. The summed E-state index contributed by atoms with van der Waals surface area (Å²) in [5.74, 6) is 1.47. The van der Waals surface area contributed by atoms with Crippen LogP contribution in [0, 0.1) is 11.8 Å². The molecule has 0 spiro atoms. The van der Waals surface area contributed by atoms with Crippen LogP contribution in [0.3, 0.4) is 0 Å². The second-order valence-electron chi connectivity index (χ2n) is 7.75. The van der Waals surface area contributed by atoms with Gasteiger partial charge in [0.05, 0.1) is 0 Å². The quantitative estimate of drug-likeness (QED) is 0.801. The van der Waals surface area contributed by atoms with Crippen LogP contribution in [0.15, 0.2) is 0 Å². The van der Waals surface area contributed by atoms with Gasteiger partial charge in [0.15, 0.2) is 0 Å². The zero-order chi connectivity index (χ0) is 16.1. The third-order valence-corrected chi connectivity index (χ3v) is 6.05. The summed E-state index contributed by atoms with van der Waals surface area (Å²) in [7, 11) is 0. The maximum atomic E-state index is 12.7. The van der Waals surface area contributed by atoms with E-state index >= 15 is 0 Å². The summed E-state index contributed by atoms with van der Waals surface area (Å²) in [6.45, 7) is 3.46. The van der Waals surface area contributed by atoms with E-state index < -0.39 is 0 Å². The first-order valence-electron chi connectivity index (χ1n) is 9.80. The molecular formula is C19H32N2O2. The maximum absolute atomic E-state index is 12.7. The van der Waals surface area contributed by atoms with Crippen LogP contribution in [0.5, 0.6) is 0 Å². The molecule has 0 aromatic rings. The highest BCUT2D eigenvalue weighted by atomic mass is 16.2. The van der Waals surface area contributed by atoms with E-state index in [2.05, 4.69) is 4.90 Å². The molecule has 3 rings (SSSR count). The molecule has 0 bridgehead atoms. The Morgan fingerprint density at radius 1 is 0.696 bits per heavy atom. The third-order valence-electron chi connectivity index (χ3n) is 6.05. The fraction of sp³-hybridized carbons (Fsp3) is 0.895. The van der Waals surface area contributed by atoms with E-state index in [1.54, 1.807) is 0 Å². The van der Waals surface area contributed by atoms with Crippen LogP contribution < -0.4 is 0 Å². The van der Waals surface area contributed by atoms with Gasteiger partial charge in [-0.25, -0.2) is 0 Å². The summed E-state index contributed by atoms with van der Waals surface area (Å²) in [5.41, 5.74) is 0. The highest BCUT2D eigenvalue weighted by Gasteiger charge is 2.31. The smallest absolute Gasteiger partial charge is 0.225 e. The van der Waals surface area contributed by atoms with Gasteiger partial charge in [-0.15, -0.1) is 0 Å². The molecule has 2 amide bonds. The van der Waals surface area contributed by atoms with Crippen LogP contribution in [-0.2, 0) is 9.59 Å². The SMILES string of the molecule is O=C(CC1CCCC1)N1CCC(C(=O)N2CCCCCC2)CC1. The van der Waals surface area contributed by atoms with Gasteiger partial charge >= 0.3 is 0 Å². The van der Waals surface area contributed by atoms with Crippen LogP contribution >= 0.6 is 0 Å². The summed E-state index contributed by atoms with van der Waals surface area (Å²) in [6.07, 6.45) is 12.4. The van der Waals surface area contributed by atoms with E-state index in [1.807, 2.05) is 4.90 Å². The van der Waals surface area contributed by atoms with Gasteiger partial charge in [-0.2, -0.15) is 0 Å². The zero-order valence-corrected chi connectivity index (χ0v) is 14.5. The van der Waals surface area contributed by atoms with E-state index in [4.69, 9.17) is 0 Å². The van der Waals surface area contributed by atoms with Crippen LogP contribution in [0.1, 0.15) is 70.6 Å². The van der Waals surface area contributed by atoms with Crippen molar-refractivity contribution >= 4 is 11.8 Å². The van der Waals surface area contributed by atoms with Gasteiger partial charge in [-0.05, 0) is 44.4 Å². The number of carbonyl (C=O) groups excluding carboxylic acids is 2. The van der Waals surface area contributed by atoms with E-state index in [1.165, 1.54) is 38.5 Å².